The van der Waals surface area contributed by atoms with Gasteiger partial charge >= 0.3 is 0 Å². The van der Waals surface area contributed by atoms with E-state index >= 15 is 0 Å². The van der Waals surface area contributed by atoms with Crippen molar-refractivity contribution in [1.29, 1.82) is 0 Å². The molecule has 1 aromatic heterocycles. The van der Waals surface area contributed by atoms with Crippen LogP contribution in [0.3, 0.4) is 0 Å². The van der Waals surface area contributed by atoms with Gasteiger partial charge in [0, 0.05) is 17.8 Å². The van der Waals surface area contributed by atoms with Crippen LogP contribution < -0.4 is 10.1 Å². The first-order chi connectivity index (χ1) is 10.1. The number of amides is 1. The zero-order valence-electron chi connectivity index (χ0n) is 10.9. The normalized spacial score (nSPS) is 10.4. The van der Waals surface area contributed by atoms with Gasteiger partial charge in [0.1, 0.15) is 11.4 Å². The molecule has 112 valence electrons. The van der Waals surface area contributed by atoms with E-state index in [2.05, 4.69) is 10.4 Å². The van der Waals surface area contributed by atoms with E-state index in [1.807, 2.05) is 0 Å². The van der Waals surface area contributed by atoms with Gasteiger partial charge in [-0.1, -0.05) is 23.2 Å². The molecule has 0 saturated carbocycles. The quantitative estimate of drug-likeness (QED) is 0.849. The summed E-state index contributed by atoms with van der Waals surface area (Å²) in [6.45, 7) is 0.168. The molecule has 2 rings (SSSR count). The predicted molar refractivity (Wildman–Crippen MR) is 78.7 cm³/mol. The minimum Gasteiger partial charge on any atom is -0.470 e. The summed E-state index contributed by atoms with van der Waals surface area (Å²) in [5.74, 6) is 0.121. The molecule has 0 fully saturated rings. The van der Waals surface area contributed by atoms with Gasteiger partial charge < -0.3 is 15.2 Å². The summed E-state index contributed by atoms with van der Waals surface area (Å²) in [5.41, 5.74) is 0.245. The largest absolute Gasteiger partial charge is 0.470 e. The maximum absolute atomic E-state index is 11.6. The van der Waals surface area contributed by atoms with Gasteiger partial charge in [-0.25, -0.2) is 4.68 Å². The maximum Gasteiger partial charge on any atom is 0.271 e. The van der Waals surface area contributed by atoms with Gasteiger partial charge in [-0.3, -0.25) is 4.79 Å². The minimum atomic E-state index is -0.354. The molecule has 0 aliphatic carbocycles. The smallest absolute Gasteiger partial charge is 0.271 e. The van der Waals surface area contributed by atoms with Crippen LogP contribution in [-0.2, 0) is 6.73 Å². The second-order valence-corrected chi connectivity index (χ2v) is 4.91. The van der Waals surface area contributed by atoms with Crippen molar-refractivity contribution in [2.45, 2.75) is 6.73 Å². The maximum atomic E-state index is 11.6. The Bertz CT molecular complexity index is 631. The van der Waals surface area contributed by atoms with Crippen LogP contribution in [0.5, 0.6) is 5.75 Å². The van der Waals surface area contributed by atoms with Crippen molar-refractivity contribution < 1.29 is 14.6 Å². The van der Waals surface area contributed by atoms with Crippen LogP contribution in [-0.4, -0.2) is 33.9 Å². The molecule has 0 aliphatic heterocycles. The lowest BCUT2D eigenvalue weighted by molar-refractivity contribution is 0.0937. The van der Waals surface area contributed by atoms with Crippen LogP contribution in [0.2, 0.25) is 10.0 Å². The summed E-state index contributed by atoms with van der Waals surface area (Å²) in [6.07, 6.45) is 1.61. The Morgan fingerprint density at radius 3 is 2.90 bits per heavy atom. The number of hydrogen-bond acceptors (Lipinski definition) is 4. The Hall–Kier alpha value is -1.76. The number of ether oxygens (including phenoxy) is 1. The van der Waals surface area contributed by atoms with E-state index in [1.165, 1.54) is 4.68 Å². The summed E-state index contributed by atoms with van der Waals surface area (Å²) >= 11 is 11.8. The number of aliphatic hydroxyl groups excluding tert-OH is 1. The fraction of sp³-hybridized carbons (Fsp3) is 0.231. The minimum absolute atomic E-state index is 0.106. The highest BCUT2D eigenvalue weighted by atomic mass is 35.5. The van der Waals surface area contributed by atoms with Crippen molar-refractivity contribution in [3.05, 3.63) is 46.2 Å². The molecule has 0 bridgehead atoms. The van der Waals surface area contributed by atoms with E-state index in [0.29, 0.717) is 15.8 Å². The molecule has 1 amide bonds. The van der Waals surface area contributed by atoms with Crippen molar-refractivity contribution in [2.75, 3.05) is 13.2 Å². The highest BCUT2D eigenvalue weighted by Crippen LogP contribution is 2.27. The number of hydrogen-bond donors (Lipinski definition) is 2. The predicted octanol–water partition coefficient (Wildman–Crippen LogP) is 1.95. The molecule has 0 saturated heterocycles. The van der Waals surface area contributed by atoms with Gasteiger partial charge in [0.15, 0.2) is 6.73 Å². The first kappa shape index (κ1) is 15.6. The van der Waals surface area contributed by atoms with Gasteiger partial charge in [-0.2, -0.15) is 5.10 Å². The van der Waals surface area contributed by atoms with E-state index in [0.717, 1.165) is 0 Å². The number of carbonyl (C=O) groups is 1. The summed E-state index contributed by atoms with van der Waals surface area (Å²) in [4.78, 5) is 11.6. The molecule has 0 radical (unpaired) electrons. The number of nitrogens with one attached hydrogen (secondary N) is 1. The van der Waals surface area contributed by atoms with Crippen LogP contribution in [0, 0.1) is 0 Å². The first-order valence-electron chi connectivity index (χ1n) is 6.10. The molecule has 2 aromatic rings. The molecular weight excluding hydrogens is 317 g/mol. The molecule has 0 unspecified atom stereocenters. The standard InChI is InChI=1S/C13H13Cl2N3O3/c14-9-1-2-12(10(15)7-9)21-8-18-5-3-11(17-18)13(20)16-4-6-19/h1-3,5,7,19H,4,6,8H2,(H,16,20). The van der Waals surface area contributed by atoms with E-state index < -0.39 is 0 Å². The zero-order chi connectivity index (χ0) is 15.2. The Labute approximate surface area is 131 Å². The Morgan fingerprint density at radius 2 is 2.19 bits per heavy atom. The van der Waals surface area contributed by atoms with E-state index in [4.69, 9.17) is 33.0 Å². The van der Waals surface area contributed by atoms with E-state index in [1.54, 1.807) is 30.5 Å². The molecule has 6 nitrogen and oxygen atoms in total. The van der Waals surface area contributed by atoms with Crippen molar-refractivity contribution >= 4 is 29.1 Å². The summed E-state index contributed by atoms with van der Waals surface area (Å²) in [6, 6.07) is 6.46. The highest BCUT2D eigenvalue weighted by molar-refractivity contribution is 6.35. The van der Waals surface area contributed by atoms with Crippen molar-refractivity contribution in [2.24, 2.45) is 0 Å². The lowest BCUT2D eigenvalue weighted by atomic mass is 10.3. The molecule has 0 spiro atoms. The third kappa shape index (κ3) is 4.35. The van der Waals surface area contributed by atoms with Gasteiger partial charge in [0.2, 0.25) is 0 Å². The van der Waals surface area contributed by atoms with Crippen molar-refractivity contribution in [1.82, 2.24) is 15.1 Å². The van der Waals surface area contributed by atoms with Crippen LogP contribution >= 0.6 is 23.2 Å². The number of benzene rings is 1. The highest BCUT2D eigenvalue weighted by Gasteiger charge is 2.09. The number of aromatic nitrogens is 2. The molecular formula is C13H13Cl2N3O3. The Balaban J connectivity index is 1.95. The second-order valence-electron chi connectivity index (χ2n) is 4.07. The van der Waals surface area contributed by atoms with Gasteiger partial charge in [0.25, 0.3) is 5.91 Å². The number of carbonyl (C=O) groups excluding carboxylic acids is 1. The van der Waals surface area contributed by atoms with Crippen LogP contribution in [0.1, 0.15) is 10.5 Å². The molecule has 0 aliphatic rings. The van der Waals surface area contributed by atoms with Crippen molar-refractivity contribution in [3.8, 4) is 5.75 Å². The third-order valence-electron chi connectivity index (χ3n) is 2.52. The number of halogens is 2. The Morgan fingerprint density at radius 1 is 1.38 bits per heavy atom. The Kier molecular flexibility index (Phi) is 5.44. The molecule has 21 heavy (non-hydrogen) atoms. The topological polar surface area (TPSA) is 76.4 Å². The summed E-state index contributed by atoms with van der Waals surface area (Å²) < 4.78 is 6.95. The van der Waals surface area contributed by atoms with Crippen LogP contribution in [0.15, 0.2) is 30.5 Å². The summed E-state index contributed by atoms with van der Waals surface area (Å²) in [5, 5.41) is 16.1. The molecule has 1 heterocycles. The zero-order valence-corrected chi connectivity index (χ0v) is 12.4. The van der Waals surface area contributed by atoms with Gasteiger partial charge in [-0.15, -0.1) is 0 Å². The average Bonchev–Trinajstić information content (AvgIpc) is 2.93. The van der Waals surface area contributed by atoms with Crippen LogP contribution in [0.4, 0.5) is 0 Å². The SMILES string of the molecule is O=C(NCCO)c1ccn(COc2ccc(Cl)cc2Cl)n1. The third-order valence-corrected chi connectivity index (χ3v) is 3.05. The molecule has 1 aromatic carbocycles. The molecule has 8 heteroatoms. The fourth-order valence-corrected chi connectivity index (χ4v) is 2.01. The molecule has 0 atom stereocenters. The number of rotatable bonds is 6. The number of aliphatic hydroxyl groups is 1. The first-order valence-corrected chi connectivity index (χ1v) is 6.86. The lowest BCUT2D eigenvalue weighted by Crippen LogP contribution is -2.26. The van der Waals surface area contributed by atoms with E-state index in [9.17, 15) is 4.79 Å². The lowest BCUT2D eigenvalue weighted by Gasteiger charge is -2.08. The average molecular weight is 330 g/mol. The second kappa shape index (κ2) is 7.31. The van der Waals surface area contributed by atoms with Crippen molar-refractivity contribution in [3.63, 3.8) is 0 Å². The molecule has 2 N–H and O–H groups in total. The van der Waals surface area contributed by atoms with Gasteiger partial charge in [-0.05, 0) is 24.3 Å². The number of nitrogens with zero attached hydrogens (tertiary/aromatic N) is 2. The summed E-state index contributed by atoms with van der Waals surface area (Å²) in [7, 11) is 0. The monoisotopic (exact) mass is 329 g/mol. The van der Waals surface area contributed by atoms with Gasteiger partial charge in [0.05, 0.1) is 11.6 Å². The van der Waals surface area contributed by atoms with Crippen LogP contribution in [0.25, 0.3) is 0 Å². The fourth-order valence-electron chi connectivity index (χ4n) is 1.54. The van der Waals surface area contributed by atoms with E-state index in [-0.39, 0.29) is 31.5 Å².